The highest BCUT2D eigenvalue weighted by atomic mass is 79.9. The van der Waals surface area contributed by atoms with Crippen molar-refractivity contribution in [1.29, 1.82) is 0 Å². The number of aromatic nitrogens is 1. The van der Waals surface area contributed by atoms with Crippen LogP contribution in [0.15, 0.2) is 79.0 Å². The quantitative estimate of drug-likeness (QED) is 0.648. The third-order valence-corrected chi connectivity index (χ3v) is 4.48. The van der Waals surface area contributed by atoms with E-state index in [-0.39, 0.29) is 17.0 Å². The first kappa shape index (κ1) is 17.0. The number of fused-ring (bicyclic) bond motifs is 1. The number of hydrogen-bond acceptors (Lipinski definition) is 2. The van der Waals surface area contributed by atoms with Crippen LogP contribution >= 0.6 is 28.6 Å². The van der Waals surface area contributed by atoms with E-state index in [1.165, 1.54) is 0 Å². The van der Waals surface area contributed by atoms with E-state index in [1.807, 2.05) is 83.9 Å². The van der Waals surface area contributed by atoms with Gasteiger partial charge < -0.3 is 5.11 Å². The molecule has 1 aromatic heterocycles. The summed E-state index contributed by atoms with van der Waals surface area (Å²) in [6, 6.07) is 23.3. The number of benzene rings is 2. The van der Waals surface area contributed by atoms with Crippen LogP contribution in [0.4, 0.5) is 11.5 Å². The van der Waals surface area contributed by atoms with Crippen LogP contribution in [0.3, 0.4) is 0 Å². The highest BCUT2D eigenvalue weighted by molar-refractivity contribution is 8.93. The summed E-state index contributed by atoms with van der Waals surface area (Å²) in [5.41, 5.74) is 0.608. The summed E-state index contributed by atoms with van der Waals surface area (Å²) >= 11 is 6.01. The van der Waals surface area contributed by atoms with Gasteiger partial charge in [-0.2, -0.15) is 4.90 Å². The zero-order chi connectivity index (χ0) is 15.9. The van der Waals surface area contributed by atoms with Gasteiger partial charge in [0.2, 0.25) is 0 Å². The number of aliphatic hydroxyl groups is 1. The number of nitrogens with zero attached hydrogens (tertiary/aromatic N) is 2. The van der Waals surface area contributed by atoms with Gasteiger partial charge in [0.25, 0.3) is 11.5 Å². The lowest BCUT2D eigenvalue weighted by Crippen LogP contribution is -2.43. The maximum absolute atomic E-state index is 11.6. The summed E-state index contributed by atoms with van der Waals surface area (Å²) in [6.07, 6.45) is 1.99. The van der Waals surface area contributed by atoms with Gasteiger partial charge in [0.05, 0.1) is 6.20 Å². The smallest absolute Gasteiger partial charge is 0.284 e. The van der Waals surface area contributed by atoms with Crippen molar-refractivity contribution in [1.82, 2.24) is 0 Å². The van der Waals surface area contributed by atoms with Crippen molar-refractivity contribution >= 4 is 40.1 Å². The first-order chi connectivity index (χ1) is 11.2. The minimum atomic E-state index is -1.15. The molecule has 0 saturated carbocycles. The van der Waals surface area contributed by atoms with Gasteiger partial charge in [0.15, 0.2) is 6.54 Å². The molecular weight excluding hydrogens is 388 g/mol. The van der Waals surface area contributed by atoms with Gasteiger partial charge in [0.1, 0.15) is 5.69 Å². The molecule has 3 nitrogen and oxygen atoms in total. The van der Waals surface area contributed by atoms with Crippen LogP contribution in [0.1, 0.15) is 5.56 Å². The van der Waals surface area contributed by atoms with Gasteiger partial charge in [-0.25, -0.2) is 4.57 Å². The Kier molecular flexibility index (Phi) is 4.63. The Bertz CT molecular complexity index is 842. The third-order valence-electron chi connectivity index (χ3n) is 4.23. The molecule has 0 saturated heterocycles. The van der Waals surface area contributed by atoms with Gasteiger partial charge in [0, 0.05) is 16.7 Å². The molecule has 4 rings (SSSR count). The fourth-order valence-electron chi connectivity index (χ4n) is 3.16. The summed E-state index contributed by atoms with van der Waals surface area (Å²) in [4.78, 5) is 1.97. The van der Waals surface area contributed by atoms with E-state index >= 15 is 0 Å². The molecule has 0 amide bonds. The maximum Gasteiger partial charge on any atom is 0.284 e. The minimum Gasteiger partial charge on any atom is -0.346 e. The molecule has 1 aliphatic rings. The van der Waals surface area contributed by atoms with E-state index < -0.39 is 5.72 Å². The van der Waals surface area contributed by atoms with Crippen molar-refractivity contribution in [3.8, 4) is 0 Å². The average molecular weight is 405 g/mol. The Hall–Kier alpha value is -1.88. The van der Waals surface area contributed by atoms with Crippen LogP contribution in [0, 0.1) is 0 Å². The number of hydrogen-bond donors (Lipinski definition) is 1. The van der Waals surface area contributed by atoms with E-state index in [9.17, 15) is 5.11 Å². The Morgan fingerprint density at radius 1 is 0.917 bits per heavy atom. The van der Waals surface area contributed by atoms with Crippen LogP contribution in [0.2, 0.25) is 5.02 Å². The van der Waals surface area contributed by atoms with E-state index in [1.54, 1.807) is 0 Å². The van der Waals surface area contributed by atoms with Gasteiger partial charge >= 0.3 is 0 Å². The molecule has 0 aliphatic carbocycles. The molecule has 1 unspecified atom stereocenters. The molecule has 0 spiro atoms. The summed E-state index contributed by atoms with van der Waals surface area (Å²) in [7, 11) is 0. The van der Waals surface area contributed by atoms with Gasteiger partial charge in [-0.05, 0) is 30.3 Å². The lowest BCUT2D eigenvalue weighted by Gasteiger charge is -2.27. The highest BCUT2D eigenvalue weighted by Crippen LogP contribution is 2.40. The Morgan fingerprint density at radius 3 is 2.29 bits per heavy atom. The summed E-state index contributed by atoms with van der Waals surface area (Å²) in [5.74, 6) is 0.955. The van der Waals surface area contributed by atoms with Crippen LogP contribution in [-0.4, -0.2) is 5.11 Å². The molecule has 0 bridgehead atoms. The maximum atomic E-state index is 11.6. The molecule has 122 valence electrons. The van der Waals surface area contributed by atoms with Crippen molar-refractivity contribution in [2.45, 2.75) is 12.3 Å². The molecule has 1 atom stereocenters. The van der Waals surface area contributed by atoms with Crippen molar-refractivity contribution in [3.63, 3.8) is 0 Å². The fraction of sp³-hybridized carbons (Fsp3) is 0.105. The summed E-state index contributed by atoms with van der Waals surface area (Å²) < 4.78 is 2.06. The largest absolute Gasteiger partial charge is 0.346 e. The second kappa shape index (κ2) is 6.55. The lowest BCUT2D eigenvalue weighted by molar-refractivity contribution is -0.683. The predicted molar refractivity (Wildman–Crippen MR) is 101 cm³/mol. The van der Waals surface area contributed by atoms with Gasteiger partial charge in [-0.1, -0.05) is 48.0 Å². The molecule has 2 aromatic carbocycles. The van der Waals surface area contributed by atoms with Crippen molar-refractivity contribution in [2.75, 3.05) is 4.90 Å². The standard InChI is InChI=1S/C19H16ClN2O.BrH/c20-16-11-9-15(10-12-16)19(23)14-21-13-5-4-8-18(21)22(19)17-6-2-1-3-7-17;/h1-13,23H,14H2;1H/q+1;. The summed E-state index contributed by atoms with van der Waals surface area (Å²) in [6.45, 7) is 0.458. The Morgan fingerprint density at radius 2 is 1.58 bits per heavy atom. The number of halogens is 2. The van der Waals surface area contributed by atoms with Crippen molar-refractivity contribution in [2.24, 2.45) is 0 Å². The second-order valence-corrected chi connectivity index (χ2v) is 6.12. The topological polar surface area (TPSA) is 27.4 Å². The molecule has 24 heavy (non-hydrogen) atoms. The number of anilines is 2. The van der Waals surface area contributed by atoms with E-state index in [2.05, 4.69) is 4.57 Å². The normalized spacial score (nSPS) is 18.8. The molecule has 0 radical (unpaired) electrons. The van der Waals surface area contributed by atoms with Gasteiger partial charge in [-0.15, -0.1) is 17.0 Å². The van der Waals surface area contributed by atoms with Crippen LogP contribution in [-0.2, 0) is 12.3 Å². The monoisotopic (exact) mass is 403 g/mol. The van der Waals surface area contributed by atoms with E-state index in [4.69, 9.17) is 11.6 Å². The molecule has 0 fully saturated rings. The van der Waals surface area contributed by atoms with Crippen LogP contribution < -0.4 is 9.47 Å². The number of rotatable bonds is 2. The van der Waals surface area contributed by atoms with Crippen LogP contribution in [0.5, 0.6) is 0 Å². The first-order valence-electron chi connectivity index (χ1n) is 7.51. The summed E-state index contributed by atoms with van der Waals surface area (Å²) in [5, 5.41) is 12.2. The lowest BCUT2D eigenvalue weighted by atomic mass is 10.0. The van der Waals surface area contributed by atoms with Gasteiger partial charge in [-0.3, -0.25) is 0 Å². The highest BCUT2D eigenvalue weighted by Gasteiger charge is 2.52. The predicted octanol–water partition coefficient (Wildman–Crippen LogP) is 4.20. The number of para-hydroxylation sites is 1. The minimum absolute atomic E-state index is 0. The Labute approximate surface area is 156 Å². The van der Waals surface area contributed by atoms with Crippen LogP contribution in [0.25, 0.3) is 0 Å². The molecule has 1 aliphatic heterocycles. The second-order valence-electron chi connectivity index (χ2n) is 5.68. The number of pyridine rings is 1. The zero-order valence-corrected chi connectivity index (χ0v) is 15.3. The fourth-order valence-corrected chi connectivity index (χ4v) is 3.29. The van der Waals surface area contributed by atoms with Crippen molar-refractivity contribution in [3.05, 3.63) is 89.6 Å². The Balaban J connectivity index is 0.00000169. The molecule has 3 aromatic rings. The van der Waals surface area contributed by atoms with Crippen molar-refractivity contribution < 1.29 is 9.67 Å². The van der Waals surface area contributed by atoms with E-state index in [0.29, 0.717) is 11.6 Å². The zero-order valence-electron chi connectivity index (χ0n) is 12.8. The molecule has 2 heterocycles. The SMILES string of the molecule is Br.OC1(c2ccc(Cl)cc2)C[n+]2ccccc2N1c1ccccc1. The molecule has 5 heteroatoms. The molecular formula is C19H17BrClN2O+. The molecule has 1 N–H and O–H groups in total. The average Bonchev–Trinajstić information content (AvgIpc) is 2.89. The third kappa shape index (κ3) is 2.71. The van der Waals surface area contributed by atoms with E-state index in [0.717, 1.165) is 17.1 Å². The first-order valence-corrected chi connectivity index (χ1v) is 7.88.